The number of hydrogen-bond donors (Lipinski definition) is 1. The van der Waals surface area contributed by atoms with Gasteiger partial charge in [0.15, 0.2) is 0 Å². The lowest BCUT2D eigenvalue weighted by Crippen LogP contribution is -2.38. The van der Waals surface area contributed by atoms with Crippen LogP contribution in [0.1, 0.15) is 0 Å². The van der Waals surface area contributed by atoms with Crippen molar-refractivity contribution in [3.05, 3.63) is 72.8 Å². The molecule has 0 aliphatic rings. The zero-order valence-electron chi connectivity index (χ0n) is 22.9. The van der Waals surface area contributed by atoms with Gasteiger partial charge in [0.1, 0.15) is 0 Å². The lowest BCUT2D eigenvalue weighted by atomic mass is 10.1. The van der Waals surface area contributed by atoms with Crippen LogP contribution in [-0.2, 0) is 20.0 Å². The van der Waals surface area contributed by atoms with Gasteiger partial charge < -0.3 is 15.5 Å². The standard InChI is InChI=1S/C28H34N4O4S4/c1-30(2)25-13-5-11-23-21(25)9-7-15-27(23)39(33,34)32(18-20-38-37-19-17-29)40(35,36)28-16-8-10-22-24(28)12-6-14-26(22)31(3)4/h5-16H,17-20,29H2,1-4H3. The van der Waals surface area contributed by atoms with Gasteiger partial charge >= 0.3 is 0 Å². The van der Waals surface area contributed by atoms with Crippen LogP contribution in [0.25, 0.3) is 21.5 Å². The SMILES string of the molecule is CN(C)c1cccc2c(S(=O)(=O)N(CCSSCCN)S(=O)(=O)c3cccc4c(N(C)C)cccc34)cccc12. The molecule has 0 spiro atoms. The maximum absolute atomic E-state index is 14.4. The van der Waals surface area contributed by atoms with Gasteiger partial charge in [-0.05, 0) is 24.3 Å². The summed E-state index contributed by atoms with van der Waals surface area (Å²) in [5.74, 6) is 0.946. The van der Waals surface area contributed by atoms with Crippen molar-refractivity contribution in [3.8, 4) is 0 Å². The summed E-state index contributed by atoms with van der Waals surface area (Å²) in [6.45, 7) is 0.257. The molecule has 8 nitrogen and oxygen atoms in total. The number of rotatable bonds is 12. The summed E-state index contributed by atoms with van der Waals surface area (Å²) in [5.41, 5.74) is 7.26. The molecule has 0 fully saturated rings. The van der Waals surface area contributed by atoms with E-state index in [9.17, 15) is 16.8 Å². The molecular formula is C28H34N4O4S4. The van der Waals surface area contributed by atoms with Gasteiger partial charge in [0.05, 0.1) is 9.79 Å². The van der Waals surface area contributed by atoms with E-state index < -0.39 is 20.0 Å². The number of nitrogens with zero attached hydrogens (tertiary/aromatic N) is 3. The maximum Gasteiger partial charge on any atom is 0.257 e. The predicted octanol–water partition coefficient (Wildman–Crippen LogP) is 4.84. The molecule has 0 aromatic heterocycles. The highest BCUT2D eigenvalue weighted by molar-refractivity contribution is 8.76. The molecule has 0 atom stereocenters. The van der Waals surface area contributed by atoms with Crippen LogP contribution in [0.2, 0.25) is 0 Å². The van der Waals surface area contributed by atoms with Crippen molar-refractivity contribution in [2.24, 2.45) is 5.73 Å². The van der Waals surface area contributed by atoms with Crippen LogP contribution in [0.4, 0.5) is 11.4 Å². The van der Waals surface area contributed by atoms with Gasteiger partial charge in [-0.3, -0.25) is 0 Å². The highest BCUT2D eigenvalue weighted by atomic mass is 33.1. The Kier molecular flexibility index (Phi) is 9.59. The molecular weight excluding hydrogens is 585 g/mol. The minimum atomic E-state index is -4.49. The Morgan fingerprint density at radius 3 is 1.43 bits per heavy atom. The zero-order chi connectivity index (χ0) is 29.1. The summed E-state index contributed by atoms with van der Waals surface area (Å²) in [6.07, 6.45) is 0. The Balaban J connectivity index is 1.91. The van der Waals surface area contributed by atoms with Crippen molar-refractivity contribution in [2.75, 3.05) is 62.6 Å². The molecule has 0 saturated carbocycles. The number of sulfonamides is 2. The first kappa shape index (κ1) is 30.5. The fourth-order valence-corrected chi connectivity index (χ4v) is 10.7. The van der Waals surface area contributed by atoms with Crippen LogP contribution in [0.5, 0.6) is 0 Å². The first-order valence-corrected chi connectivity index (χ1v) is 18.0. The smallest absolute Gasteiger partial charge is 0.257 e. The first-order chi connectivity index (χ1) is 19.0. The highest BCUT2D eigenvalue weighted by Gasteiger charge is 2.38. The molecule has 214 valence electrons. The fraction of sp³-hybridized carbons (Fsp3) is 0.286. The van der Waals surface area contributed by atoms with Crippen LogP contribution in [0.15, 0.2) is 82.6 Å². The van der Waals surface area contributed by atoms with Crippen LogP contribution >= 0.6 is 21.6 Å². The van der Waals surface area contributed by atoms with Crippen LogP contribution < -0.4 is 15.5 Å². The summed E-state index contributed by atoms with van der Waals surface area (Å²) in [4.78, 5) is 3.70. The number of hydrogen-bond acceptors (Lipinski definition) is 9. The predicted molar refractivity (Wildman–Crippen MR) is 172 cm³/mol. The fourth-order valence-electron chi connectivity index (χ4n) is 4.63. The normalized spacial score (nSPS) is 12.3. The third-order valence-electron chi connectivity index (χ3n) is 6.42. The second-order valence-electron chi connectivity index (χ2n) is 9.48. The van der Waals surface area contributed by atoms with E-state index in [1.54, 1.807) is 36.4 Å². The topological polar surface area (TPSA) is 104 Å². The minimum absolute atomic E-state index is 0.0499. The van der Waals surface area contributed by atoms with Crippen molar-refractivity contribution < 1.29 is 16.8 Å². The van der Waals surface area contributed by atoms with Gasteiger partial charge in [-0.1, -0.05) is 73.8 Å². The Bertz CT molecular complexity index is 1600. The van der Waals surface area contributed by atoms with Gasteiger partial charge in [-0.15, -0.1) is 0 Å². The van der Waals surface area contributed by atoms with Crippen LogP contribution in [-0.4, -0.2) is 73.3 Å². The molecule has 4 aromatic carbocycles. The van der Waals surface area contributed by atoms with Gasteiger partial charge in [-0.2, -0.15) is 0 Å². The Hall–Kier alpha value is -2.48. The van der Waals surface area contributed by atoms with E-state index in [2.05, 4.69) is 0 Å². The summed E-state index contributed by atoms with van der Waals surface area (Å²) in [6, 6.07) is 20.7. The van der Waals surface area contributed by atoms with Crippen LogP contribution in [0.3, 0.4) is 0 Å². The van der Waals surface area contributed by atoms with E-state index in [-0.39, 0.29) is 22.1 Å². The van der Waals surface area contributed by atoms with Crippen molar-refractivity contribution in [2.45, 2.75) is 9.79 Å². The second kappa shape index (κ2) is 12.6. The number of anilines is 2. The summed E-state index contributed by atoms with van der Waals surface area (Å²) >= 11 is 0. The molecule has 0 aliphatic carbocycles. The number of benzene rings is 4. The largest absolute Gasteiger partial charge is 0.377 e. The Morgan fingerprint density at radius 2 is 1.00 bits per heavy atom. The first-order valence-electron chi connectivity index (χ1n) is 12.6. The molecule has 40 heavy (non-hydrogen) atoms. The second-order valence-corrected chi connectivity index (χ2v) is 16.1. The third kappa shape index (κ3) is 5.93. The molecule has 0 bridgehead atoms. The Labute approximate surface area is 245 Å². The van der Waals surface area contributed by atoms with E-state index in [4.69, 9.17) is 5.73 Å². The Morgan fingerprint density at radius 1 is 0.600 bits per heavy atom. The quantitative estimate of drug-likeness (QED) is 0.176. The molecule has 0 saturated heterocycles. The van der Waals surface area contributed by atoms with Crippen molar-refractivity contribution in [1.82, 2.24) is 3.71 Å². The summed E-state index contributed by atoms with van der Waals surface area (Å²) in [5, 5.41) is 2.37. The molecule has 4 aromatic rings. The van der Waals surface area contributed by atoms with Crippen molar-refractivity contribution >= 4 is 74.6 Å². The molecule has 0 radical (unpaired) electrons. The van der Waals surface area contributed by atoms with E-state index >= 15 is 0 Å². The van der Waals surface area contributed by atoms with Crippen molar-refractivity contribution in [1.29, 1.82) is 0 Å². The summed E-state index contributed by atoms with van der Waals surface area (Å²) in [7, 11) is 1.42. The molecule has 0 aliphatic heterocycles. The number of nitrogens with two attached hydrogens (primary N) is 1. The average Bonchev–Trinajstić information content (AvgIpc) is 2.93. The number of fused-ring (bicyclic) bond motifs is 2. The van der Waals surface area contributed by atoms with E-state index in [1.165, 1.54) is 33.7 Å². The molecule has 0 amide bonds. The van der Waals surface area contributed by atoms with E-state index in [0.29, 0.717) is 26.8 Å². The average molecular weight is 619 g/mol. The van der Waals surface area contributed by atoms with E-state index in [0.717, 1.165) is 22.1 Å². The third-order valence-corrected chi connectivity index (χ3v) is 13.3. The van der Waals surface area contributed by atoms with Gasteiger partial charge in [0, 0.05) is 85.7 Å². The molecule has 0 heterocycles. The van der Waals surface area contributed by atoms with Gasteiger partial charge in [-0.25, -0.2) is 16.8 Å². The molecule has 0 unspecified atom stereocenters. The van der Waals surface area contributed by atoms with Gasteiger partial charge in [0.2, 0.25) is 0 Å². The van der Waals surface area contributed by atoms with Crippen molar-refractivity contribution in [3.63, 3.8) is 0 Å². The van der Waals surface area contributed by atoms with Gasteiger partial charge in [0.25, 0.3) is 20.0 Å². The monoisotopic (exact) mass is 618 g/mol. The molecule has 12 heteroatoms. The zero-order valence-corrected chi connectivity index (χ0v) is 26.2. The summed E-state index contributed by atoms with van der Waals surface area (Å²) < 4.78 is 58.1. The molecule has 2 N–H and O–H groups in total. The lowest BCUT2D eigenvalue weighted by molar-refractivity contribution is 0.508. The lowest BCUT2D eigenvalue weighted by Gasteiger charge is -2.24. The minimum Gasteiger partial charge on any atom is -0.377 e. The van der Waals surface area contributed by atoms with Crippen LogP contribution in [0, 0.1) is 0 Å². The molecule has 4 rings (SSSR count). The highest BCUT2D eigenvalue weighted by Crippen LogP contribution is 2.37. The maximum atomic E-state index is 14.4. The van der Waals surface area contributed by atoms with E-state index in [1.807, 2.05) is 62.3 Å².